The number of fused-ring (bicyclic) bond motifs is 1. The third-order valence-corrected chi connectivity index (χ3v) is 4.78. The Morgan fingerprint density at radius 1 is 1.26 bits per heavy atom. The molecule has 1 amide bonds. The van der Waals surface area contributed by atoms with E-state index >= 15 is 0 Å². The maximum Gasteiger partial charge on any atom is 0.220 e. The molecule has 0 saturated carbocycles. The van der Waals surface area contributed by atoms with E-state index in [4.69, 9.17) is 0 Å². The van der Waals surface area contributed by atoms with E-state index in [-0.39, 0.29) is 17.4 Å². The molecule has 1 aliphatic heterocycles. The van der Waals surface area contributed by atoms with Crippen molar-refractivity contribution in [3.8, 4) is 6.07 Å². The molecule has 1 aliphatic rings. The van der Waals surface area contributed by atoms with Crippen molar-refractivity contribution in [1.29, 1.82) is 5.26 Å². The maximum absolute atomic E-state index is 12.4. The number of carbonyl (C=O) groups is 1. The molecular formula is C21H27N5O. The van der Waals surface area contributed by atoms with Crippen molar-refractivity contribution in [2.45, 2.75) is 46.6 Å². The average Bonchev–Trinajstić information content (AvgIpc) is 2.58. The summed E-state index contributed by atoms with van der Waals surface area (Å²) in [6.45, 7) is 10.0. The summed E-state index contributed by atoms with van der Waals surface area (Å²) < 4.78 is 0. The summed E-state index contributed by atoms with van der Waals surface area (Å²) >= 11 is 0. The number of aromatic nitrogens is 2. The normalized spacial score (nSPS) is 20.3. The lowest BCUT2D eigenvalue weighted by molar-refractivity contribution is -0.123. The molecule has 2 aromatic rings. The van der Waals surface area contributed by atoms with Gasteiger partial charge >= 0.3 is 0 Å². The van der Waals surface area contributed by atoms with E-state index in [1.165, 1.54) is 0 Å². The molecule has 1 N–H and O–H groups in total. The smallest absolute Gasteiger partial charge is 0.220 e. The van der Waals surface area contributed by atoms with Gasteiger partial charge in [0.15, 0.2) is 0 Å². The molecule has 142 valence electrons. The molecule has 1 aromatic heterocycles. The van der Waals surface area contributed by atoms with E-state index in [9.17, 15) is 10.1 Å². The minimum Gasteiger partial charge on any atom is -0.367 e. The SMILES string of the molecule is C[C@H]1C[C@@H](NC(=O)CC(C)(C)C)CN(c2ccc(C#N)c3nccnc23)C1. The summed E-state index contributed by atoms with van der Waals surface area (Å²) in [5.74, 6) is 0.548. The molecule has 1 fully saturated rings. The Labute approximate surface area is 160 Å². The highest BCUT2D eigenvalue weighted by molar-refractivity contribution is 5.92. The van der Waals surface area contributed by atoms with Crippen molar-refractivity contribution in [3.63, 3.8) is 0 Å². The summed E-state index contributed by atoms with van der Waals surface area (Å²) in [4.78, 5) is 23.5. The van der Waals surface area contributed by atoms with Crippen molar-refractivity contribution in [3.05, 3.63) is 30.1 Å². The molecule has 0 spiro atoms. The summed E-state index contributed by atoms with van der Waals surface area (Å²) in [7, 11) is 0. The van der Waals surface area contributed by atoms with Crippen molar-refractivity contribution < 1.29 is 4.79 Å². The van der Waals surface area contributed by atoms with Crippen LogP contribution in [-0.4, -0.2) is 35.0 Å². The van der Waals surface area contributed by atoms with E-state index in [0.717, 1.165) is 30.7 Å². The van der Waals surface area contributed by atoms with Crippen LogP contribution in [0.1, 0.15) is 46.1 Å². The summed E-state index contributed by atoms with van der Waals surface area (Å²) in [5.41, 5.74) is 2.85. The highest BCUT2D eigenvalue weighted by Gasteiger charge is 2.28. The number of amides is 1. The Hall–Kier alpha value is -2.68. The van der Waals surface area contributed by atoms with Gasteiger partial charge in [-0.05, 0) is 29.9 Å². The number of hydrogen-bond acceptors (Lipinski definition) is 5. The number of nitrogens with one attached hydrogen (secondary N) is 1. The van der Waals surface area contributed by atoms with E-state index in [1.54, 1.807) is 18.5 Å². The number of rotatable bonds is 3. The Bertz CT molecular complexity index is 880. The molecule has 0 aliphatic carbocycles. The average molecular weight is 365 g/mol. The van der Waals surface area contributed by atoms with E-state index in [1.807, 2.05) is 6.07 Å². The van der Waals surface area contributed by atoms with Gasteiger partial charge in [-0.25, -0.2) is 0 Å². The van der Waals surface area contributed by atoms with E-state index < -0.39 is 0 Å². The van der Waals surface area contributed by atoms with Crippen LogP contribution in [0.15, 0.2) is 24.5 Å². The number of benzene rings is 1. The predicted molar refractivity (Wildman–Crippen MR) is 106 cm³/mol. The predicted octanol–water partition coefficient (Wildman–Crippen LogP) is 3.27. The molecular weight excluding hydrogens is 338 g/mol. The van der Waals surface area contributed by atoms with Crippen molar-refractivity contribution >= 4 is 22.6 Å². The van der Waals surface area contributed by atoms with Crippen LogP contribution >= 0.6 is 0 Å². The van der Waals surface area contributed by atoms with Crippen LogP contribution in [0.4, 0.5) is 5.69 Å². The number of anilines is 1. The number of hydrogen-bond donors (Lipinski definition) is 1. The topological polar surface area (TPSA) is 81.9 Å². The standard InChI is InChI=1S/C21H27N5O/c1-14-9-16(25-18(27)10-21(2,3)4)13-26(12-14)17-6-5-15(11-22)19-20(17)24-8-7-23-19/h5-8,14,16H,9-10,12-13H2,1-4H3,(H,25,27)/t14-,16+/m0/s1. The molecule has 6 heteroatoms. The van der Waals surface area contributed by atoms with Crippen LogP contribution < -0.4 is 10.2 Å². The van der Waals surface area contributed by atoms with Gasteiger partial charge in [-0.2, -0.15) is 5.26 Å². The zero-order valence-electron chi connectivity index (χ0n) is 16.5. The molecule has 0 unspecified atom stereocenters. The molecule has 27 heavy (non-hydrogen) atoms. The molecule has 0 radical (unpaired) electrons. The first-order valence-electron chi connectivity index (χ1n) is 9.45. The third kappa shape index (κ3) is 4.54. The fourth-order valence-corrected chi connectivity index (χ4v) is 3.80. The lowest BCUT2D eigenvalue weighted by atomic mass is 9.91. The Kier molecular flexibility index (Phi) is 5.31. The quantitative estimate of drug-likeness (QED) is 0.903. The Morgan fingerprint density at radius 2 is 1.96 bits per heavy atom. The van der Waals surface area contributed by atoms with Crippen LogP contribution in [0, 0.1) is 22.7 Å². The number of carbonyl (C=O) groups excluding carboxylic acids is 1. The zero-order valence-corrected chi connectivity index (χ0v) is 16.5. The molecule has 1 aromatic carbocycles. The van der Waals surface area contributed by atoms with Gasteiger partial charge in [-0.1, -0.05) is 27.7 Å². The molecule has 3 rings (SSSR count). The Morgan fingerprint density at radius 3 is 2.63 bits per heavy atom. The highest BCUT2D eigenvalue weighted by atomic mass is 16.1. The number of nitriles is 1. The second-order valence-corrected chi connectivity index (χ2v) is 8.75. The summed E-state index contributed by atoms with van der Waals surface area (Å²) in [6.07, 6.45) is 4.75. The minimum absolute atomic E-state index is 0.0248. The highest BCUT2D eigenvalue weighted by Crippen LogP contribution is 2.30. The van der Waals surface area contributed by atoms with E-state index in [2.05, 4.69) is 53.9 Å². The van der Waals surface area contributed by atoms with Crippen molar-refractivity contribution in [1.82, 2.24) is 15.3 Å². The van der Waals surface area contributed by atoms with Gasteiger partial charge < -0.3 is 10.2 Å². The third-order valence-electron chi connectivity index (χ3n) is 4.78. The van der Waals surface area contributed by atoms with Crippen LogP contribution in [0.3, 0.4) is 0 Å². The number of nitrogens with zero attached hydrogens (tertiary/aromatic N) is 4. The number of piperidine rings is 1. The van der Waals surface area contributed by atoms with E-state index in [0.29, 0.717) is 23.4 Å². The van der Waals surface area contributed by atoms with Crippen LogP contribution in [0.2, 0.25) is 0 Å². The van der Waals surface area contributed by atoms with Crippen molar-refractivity contribution in [2.24, 2.45) is 11.3 Å². The van der Waals surface area contributed by atoms with Gasteiger partial charge in [-0.3, -0.25) is 14.8 Å². The largest absolute Gasteiger partial charge is 0.367 e. The molecule has 6 nitrogen and oxygen atoms in total. The molecule has 2 atom stereocenters. The Balaban J connectivity index is 1.84. The fourth-order valence-electron chi connectivity index (χ4n) is 3.80. The van der Waals surface area contributed by atoms with Gasteiger partial charge in [0, 0.05) is 37.9 Å². The monoisotopic (exact) mass is 365 g/mol. The first-order chi connectivity index (χ1) is 12.8. The first-order valence-corrected chi connectivity index (χ1v) is 9.45. The van der Waals surface area contributed by atoms with Crippen LogP contribution in [0.25, 0.3) is 11.0 Å². The first kappa shape index (κ1) is 19.1. The van der Waals surface area contributed by atoms with Gasteiger partial charge in [-0.15, -0.1) is 0 Å². The molecule has 2 heterocycles. The van der Waals surface area contributed by atoms with Gasteiger partial charge in [0.1, 0.15) is 17.1 Å². The van der Waals surface area contributed by atoms with Gasteiger partial charge in [0.2, 0.25) is 5.91 Å². The van der Waals surface area contributed by atoms with Crippen LogP contribution in [-0.2, 0) is 4.79 Å². The fraction of sp³-hybridized carbons (Fsp3) is 0.524. The second kappa shape index (κ2) is 7.51. The molecule has 1 saturated heterocycles. The minimum atomic E-state index is -0.0248. The maximum atomic E-state index is 12.4. The summed E-state index contributed by atoms with van der Waals surface area (Å²) in [6, 6.07) is 6.04. The molecule has 0 bridgehead atoms. The van der Waals surface area contributed by atoms with Crippen molar-refractivity contribution in [2.75, 3.05) is 18.0 Å². The zero-order chi connectivity index (χ0) is 19.6. The lowest BCUT2D eigenvalue weighted by Gasteiger charge is -2.38. The summed E-state index contributed by atoms with van der Waals surface area (Å²) in [5, 5.41) is 12.5. The second-order valence-electron chi connectivity index (χ2n) is 8.75. The lowest BCUT2D eigenvalue weighted by Crippen LogP contribution is -2.51. The van der Waals surface area contributed by atoms with Gasteiger partial charge in [0.05, 0.1) is 11.3 Å². The van der Waals surface area contributed by atoms with Crippen LogP contribution in [0.5, 0.6) is 0 Å². The van der Waals surface area contributed by atoms with Gasteiger partial charge in [0.25, 0.3) is 0 Å².